The van der Waals surface area contributed by atoms with E-state index >= 15 is 0 Å². The summed E-state index contributed by atoms with van der Waals surface area (Å²) in [7, 11) is 0. The number of nitrogens with one attached hydrogen (secondary N) is 1. The molecule has 1 aliphatic heterocycles. The van der Waals surface area contributed by atoms with E-state index in [1.807, 2.05) is 11.0 Å². The van der Waals surface area contributed by atoms with Gasteiger partial charge in [0.05, 0.1) is 0 Å². The molecule has 2 aliphatic rings. The summed E-state index contributed by atoms with van der Waals surface area (Å²) < 4.78 is 0. The molecule has 1 aromatic carbocycles. The minimum absolute atomic E-state index is 0.101. The first-order chi connectivity index (χ1) is 13.2. The summed E-state index contributed by atoms with van der Waals surface area (Å²) in [5.74, 6) is 1.64. The van der Waals surface area contributed by atoms with Crippen molar-refractivity contribution < 1.29 is 4.79 Å². The third-order valence-corrected chi connectivity index (χ3v) is 6.47. The minimum Gasteiger partial charge on any atom is -0.337 e. The summed E-state index contributed by atoms with van der Waals surface area (Å²) in [6, 6.07) is 10.6. The Balaban J connectivity index is 1.42. The van der Waals surface area contributed by atoms with Gasteiger partial charge in [0, 0.05) is 24.3 Å². The van der Waals surface area contributed by atoms with Crippen molar-refractivity contribution in [3.63, 3.8) is 0 Å². The average molecular weight is 367 g/mol. The largest absolute Gasteiger partial charge is 0.337 e. The third-order valence-electron chi connectivity index (χ3n) is 6.47. The Morgan fingerprint density at radius 3 is 2.70 bits per heavy atom. The number of rotatable bonds is 4. The van der Waals surface area contributed by atoms with Crippen molar-refractivity contribution in [2.75, 3.05) is 19.6 Å². The standard InChI is InChI=1S/C22H30N4O/c1-15-7-8-20-18(13-15)21(25-24-20)22(27)26-11-9-17(10-12-26)19(14-23)16-5-3-2-4-6-16/h2-6,15,17,19H,7-14,23H2,1H3,(H,24,25). The normalized spacial score (nSPS) is 21.7. The second kappa shape index (κ2) is 7.85. The smallest absolute Gasteiger partial charge is 0.274 e. The lowest BCUT2D eigenvalue weighted by Gasteiger charge is -2.36. The molecule has 4 rings (SSSR count). The molecule has 2 atom stereocenters. The number of likely N-dealkylation sites (tertiary alicyclic amines) is 1. The third kappa shape index (κ3) is 3.65. The van der Waals surface area contributed by atoms with Gasteiger partial charge in [0.1, 0.15) is 0 Å². The van der Waals surface area contributed by atoms with Crippen LogP contribution in [0.1, 0.15) is 59.4 Å². The zero-order chi connectivity index (χ0) is 18.8. The lowest BCUT2D eigenvalue weighted by molar-refractivity contribution is 0.0671. The van der Waals surface area contributed by atoms with Gasteiger partial charge in [0.2, 0.25) is 0 Å². The number of hydrogen-bond donors (Lipinski definition) is 2. The first-order valence-corrected chi connectivity index (χ1v) is 10.3. The first-order valence-electron chi connectivity index (χ1n) is 10.3. The van der Waals surface area contributed by atoms with Gasteiger partial charge in [-0.25, -0.2) is 0 Å². The van der Waals surface area contributed by atoms with E-state index in [0.29, 0.717) is 30.0 Å². The number of piperidine rings is 1. The molecule has 144 valence electrons. The SMILES string of the molecule is CC1CCc2[nH]nc(C(=O)N3CCC(C(CN)c4ccccc4)CC3)c2C1. The van der Waals surface area contributed by atoms with Crippen LogP contribution >= 0.6 is 0 Å². The Morgan fingerprint density at radius 1 is 1.26 bits per heavy atom. The number of nitrogens with zero attached hydrogens (tertiary/aromatic N) is 2. The summed E-state index contributed by atoms with van der Waals surface area (Å²) in [6.07, 6.45) is 5.16. The van der Waals surface area contributed by atoms with Crippen LogP contribution in [0.2, 0.25) is 0 Å². The van der Waals surface area contributed by atoms with Gasteiger partial charge in [-0.1, -0.05) is 37.3 Å². The maximum atomic E-state index is 13.1. The molecule has 1 aromatic heterocycles. The molecular weight excluding hydrogens is 336 g/mol. The zero-order valence-corrected chi connectivity index (χ0v) is 16.2. The quantitative estimate of drug-likeness (QED) is 0.873. The highest BCUT2D eigenvalue weighted by Crippen LogP contribution is 2.33. The Labute approximate surface area is 161 Å². The number of benzene rings is 1. The summed E-state index contributed by atoms with van der Waals surface area (Å²) in [5, 5.41) is 7.50. The van der Waals surface area contributed by atoms with Gasteiger partial charge < -0.3 is 10.6 Å². The van der Waals surface area contributed by atoms with E-state index in [4.69, 9.17) is 5.73 Å². The molecule has 5 heteroatoms. The number of aryl methyl sites for hydroxylation is 1. The zero-order valence-electron chi connectivity index (χ0n) is 16.2. The van der Waals surface area contributed by atoms with Crippen molar-refractivity contribution in [3.05, 3.63) is 52.8 Å². The summed E-state index contributed by atoms with van der Waals surface area (Å²) >= 11 is 0. The van der Waals surface area contributed by atoms with E-state index in [1.54, 1.807) is 0 Å². The molecule has 0 saturated carbocycles. The maximum Gasteiger partial charge on any atom is 0.274 e. The topological polar surface area (TPSA) is 75.0 Å². The number of H-pyrrole nitrogens is 1. The number of carbonyl (C=O) groups is 1. The van der Waals surface area contributed by atoms with E-state index in [-0.39, 0.29) is 5.91 Å². The highest BCUT2D eigenvalue weighted by Gasteiger charge is 2.32. The van der Waals surface area contributed by atoms with Crippen molar-refractivity contribution in [2.24, 2.45) is 17.6 Å². The monoisotopic (exact) mass is 366 g/mol. The number of fused-ring (bicyclic) bond motifs is 1. The number of hydrogen-bond acceptors (Lipinski definition) is 3. The number of amides is 1. The summed E-state index contributed by atoms with van der Waals surface area (Å²) in [4.78, 5) is 15.1. The van der Waals surface area contributed by atoms with Crippen LogP contribution in [-0.4, -0.2) is 40.6 Å². The van der Waals surface area contributed by atoms with Gasteiger partial charge in [-0.2, -0.15) is 5.10 Å². The fourth-order valence-electron chi connectivity index (χ4n) is 4.80. The van der Waals surface area contributed by atoms with Gasteiger partial charge in [0.25, 0.3) is 5.91 Å². The fourth-order valence-corrected chi connectivity index (χ4v) is 4.80. The Hall–Kier alpha value is -2.14. The van der Waals surface area contributed by atoms with Gasteiger partial charge >= 0.3 is 0 Å². The molecule has 27 heavy (non-hydrogen) atoms. The Bertz CT molecular complexity index is 777. The van der Waals surface area contributed by atoms with Crippen LogP contribution in [-0.2, 0) is 12.8 Å². The second-order valence-electron chi connectivity index (χ2n) is 8.26. The lowest BCUT2D eigenvalue weighted by Crippen LogP contribution is -2.41. The second-order valence-corrected chi connectivity index (χ2v) is 8.26. The summed E-state index contributed by atoms with van der Waals surface area (Å²) in [6.45, 7) is 4.51. The molecule has 1 saturated heterocycles. The first kappa shape index (κ1) is 18.2. The molecule has 1 fully saturated rings. The molecule has 2 aromatic rings. The number of carbonyl (C=O) groups excluding carboxylic acids is 1. The molecule has 0 radical (unpaired) electrons. The predicted molar refractivity (Wildman–Crippen MR) is 107 cm³/mol. The summed E-state index contributed by atoms with van der Waals surface area (Å²) in [5.41, 5.74) is 10.4. The molecule has 1 amide bonds. The van der Waals surface area contributed by atoms with Gasteiger partial charge in [-0.3, -0.25) is 9.89 Å². The lowest BCUT2D eigenvalue weighted by atomic mass is 9.80. The van der Waals surface area contributed by atoms with Crippen molar-refractivity contribution in [3.8, 4) is 0 Å². The number of aromatic nitrogens is 2. The van der Waals surface area contributed by atoms with E-state index in [2.05, 4.69) is 41.4 Å². The van der Waals surface area contributed by atoms with E-state index in [1.165, 1.54) is 17.7 Å². The van der Waals surface area contributed by atoms with E-state index < -0.39 is 0 Å². The average Bonchev–Trinajstić information content (AvgIpc) is 3.12. The molecular formula is C22H30N4O. The highest BCUT2D eigenvalue weighted by atomic mass is 16.2. The molecule has 2 unspecified atom stereocenters. The van der Waals surface area contributed by atoms with Gasteiger partial charge in [-0.15, -0.1) is 0 Å². The molecule has 0 spiro atoms. The van der Waals surface area contributed by atoms with Gasteiger partial charge in [0.15, 0.2) is 5.69 Å². The minimum atomic E-state index is 0.101. The van der Waals surface area contributed by atoms with Crippen molar-refractivity contribution >= 4 is 5.91 Å². The molecule has 0 bridgehead atoms. The number of nitrogens with two attached hydrogens (primary N) is 1. The van der Waals surface area contributed by atoms with Crippen LogP contribution < -0.4 is 5.73 Å². The highest BCUT2D eigenvalue weighted by molar-refractivity contribution is 5.94. The fraction of sp³-hybridized carbons (Fsp3) is 0.545. The van der Waals surface area contributed by atoms with E-state index in [0.717, 1.165) is 44.3 Å². The Morgan fingerprint density at radius 2 is 2.00 bits per heavy atom. The maximum absolute atomic E-state index is 13.1. The van der Waals surface area contributed by atoms with Crippen LogP contribution in [0.3, 0.4) is 0 Å². The van der Waals surface area contributed by atoms with Crippen LogP contribution in [0, 0.1) is 11.8 Å². The van der Waals surface area contributed by atoms with Crippen molar-refractivity contribution in [1.82, 2.24) is 15.1 Å². The molecule has 1 aliphatic carbocycles. The van der Waals surface area contributed by atoms with Gasteiger partial charge in [-0.05, 0) is 62.0 Å². The van der Waals surface area contributed by atoms with Crippen molar-refractivity contribution in [2.45, 2.75) is 44.9 Å². The van der Waals surface area contributed by atoms with Crippen LogP contribution in [0.5, 0.6) is 0 Å². The van der Waals surface area contributed by atoms with E-state index in [9.17, 15) is 4.79 Å². The molecule has 3 N–H and O–H groups in total. The van der Waals surface area contributed by atoms with Crippen LogP contribution in [0.4, 0.5) is 0 Å². The van der Waals surface area contributed by atoms with Crippen LogP contribution in [0.25, 0.3) is 0 Å². The molecule has 2 heterocycles. The number of aromatic amines is 1. The van der Waals surface area contributed by atoms with Crippen LogP contribution in [0.15, 0.2) is 30.3 Å². The molecule has 5 nitrogen and oxygen atoms in total. The predicted octanol–water partition coefficient (Wildman–Crippen LogP) is 3.13. The van der Waals surface area contributed by atoms with Crippen molar-refractivity contribution in [1.29, 1.82) is 0 Å². The Kier molecular flexibility index (Phi) is 5.30.